The molecule has 1 fully saturated rings. The Morgan fingerprint density at radius 3 is 2.81 bits per heavy atom. The monoisotopic (exact) mass is 297 g/mol. The number of anilines is 1. The smallest absolute Gasteiger partial charge is 0.339 e. The Balaban J connectivity index is 2.12. The molecule has 0 saturated heterocycles. The molecule has 1 aromatic rings. The largest absolute Gasteiger partial charge is 0.465 e. The SMILES string of the molecule is CCOC1CC(Nc2cc(F)ccc2C(=O)OC)C1OC. The molecule has 1 saturated carbocycles. The Kier molecular flexibility index (Phi) is 5.14. The third kappa shape index (κ3) is 3.33. The number of carbonyl (C=O) groups excluding carboxylic acids is 1. The van der Waals surface area contributed by atoms with Gasteiger partial charge in [-0.25, -0.2) is 9.18 Å². The lowest BCUT2D eigenvalue weighted by Gasteiger charge is -2.43. The number of ether oxygens (including phenoxy) is 3. The van der Waals surface area contributed by atoms with E-state index in [0.29, 0.717) is 17.9 Å². The molecule has 0 heterocycles. The Bertz CT molecular complexity index is 508. The van der Waals surface area contributed by atoms with Crippen molar-refractivity contribution in [2.45, 2.75) is 31.6 Å². The van der Waals surface area contributed by atoms with Gasteiger partial charge in [-0.15, -0.1) is 0 Å². The number of esters is 1. The van der Waals surface area contributed by atoms with Crippen molar-refractivity contribution in [2.75, 3.05) is 26.1 Å². The average Bonchev–Trinajstić information content (AvgIpc) is 2.46. The zero-order chi connectivity index (χ0) is 15.4. The summed E-state index contributed by atoms with van der Waals surface area (Å²) < 4.78 is 29.1. The molecule has 21 heavy (non-hydrogen) atoms. The number of methoxy groups -OCH3 is 2. The molecular weight excluding hydrogens is 277 g/mol. The highest BCUT2D eigenvalue weighted by Gasteiger charge is 2.42. The van der Waals surface area contributed by atoms with Gasteiger partial charge in [0.25, 0.3) is 0 Å². The van der Waals surface area contributed by atoms with Crippen LogP contribution >= 0.6 is 0 Å². The number of nitrogens with one attached hydrogen (secondary N) is 1. The van der Waals surface area contributed by atoms with Crippen LogP contribution in [0.15, 0.2) is 18.2 Å². The topological polar surface area (TPSA) is 56.8 Å². The predicted octanol–water partition coefficient (Wildman–Crippen LogP) is 2.22. The van der Waals surface area contributed by atoms with Gasteiger partial charge in [0.1, 0.15) is 11.9 Å². The minimum atomic E-state index is -0.507. The third-order valence-corrected chi connectivity index (χ3v) is 3.63. The standard InChI is InChI=1S/C15H20FNO4/c1-4-21-13-8-12(14(13)19-2)17-11-7-9(16)5-6-10(11)15(18)20-3/h5-7,12-14,17H,4,8H2,1-3H3. The first kappa shape index (κ1) is 15.7. The van der Waals surface area contributed by atoms with E-state index < -0.39 is 11.8 Å². The maximum Gasteiger partial charge on any atom is 0.339 e. The molecule has 0 amide bonds. The number of hydrogen-bond donors (Lipinski definition) is 1. The lowest BCUT2D eigenvalue weighted by molar-refractivity contribution is -0.118. The van der Waals surface area contributed by atoms with Crippen LogP contribution in [0.5, 0.6) is 0 Å². The van der Waals surface area contributed by atoms with E-state index in [1.807, 2.05) is 6.92 Å². The second-order valence-corrected chi connectivity index (χ2v) is 4.86. The van der Waals surface area contributed by atoms with Crippen LogP contribution < -0.4 is 5.32 Å². The molecule has 1 aliphatic rings. The lowest BCUT2D eigenvalue weighted by Crippen LogP contribution is -2.57. The Morgan fingerprint density at radius 2 is 2.19 bits per heavy atom. The zero-order valence-corrected chi connectivity index (χ0v) is 12.4. The number of hydrogen-bond acceptors (Lipinski definition) is 5. The summed E-state index contributed by atoms with van der Waals surface area (Å²) in [6.07, 6.45) is 0.634. The molecule has 3 atom stereocenters. The van der Waals surface area contributed by atoms with Crippen LogP contribution in [0, 0.1) is 5.82 Å². The minimum Gasteiger partial charge on any atom is -0.465 e. The third-order valence-electron chi connectivity index (χ3n) is 3.63. The van der Waals surface area contributed by atoms with Crippen molar-refractivity contribution in [1.29, 1.82) is 0 Å². The van der Waals surface area contributed by atoms with E-state index in [0.717, 1.165) is 6.42 Å². The van der Waals surface area contributed by atoms with Gasteiger partial charge in [0.05, 0.1) is 30.5 Å². The molecule has 0 aromatic heterocycles. The van der Waals surface area contributed by atoms with Crippen LogP contribution in [-0.4, -0.2) is 45.0 Å². The van der Waals surface area contributed by atoms with Gasteiger partial charge in [0.2, 0.25) is 0 Å². The van der Waals surface area contributed by atoms with E-state index in [1.54, 1.807) is 7.11 Å². The van der Waals surface area contributed by atoms with Crippen LogP contribution in [0.4, 0.5) is 10.1 Å². The van der Waals surface area contributed by atoms with Gasteiger partial charge >= 0.3 is 5.97 Å². The van der Waals surface area contributed by atoms with Gasteiger partial charge in [-0.1, -0.05) is 0 Å². The second-order valence-electron chi connectivity index (χ2n) is 4.86. The predicted molar refractivity (Wildman–Crippen MR) is 76.0 cm³/mol. The molecule has 1 aromatic carbocycles. The highest BCUT2D eigenvalue weighted by atomic mass is 19.1. The molecule has 5 nitrogen and oxygen atoms in total. The Morgan fingerprint density at radius 1 is 1.43 bits per heavy atom. The van der Waals surface area contributed by atoms with Crippen LogP contribution in [0.3, 0.4) is 0 Å². The molecule has 1 N–H and O–H groups in total. The van der Waals surface area contributed by atoms with E-state index in [4.69, 9.17) is 14.2 Å². The number of rotatable bonds is 6. The summed E-state index contributed by atoms with van der Waals surface area (Å²) in [6.45, 7) is 2.54. The molecule has 2 rings (SSSR count). The highest BCUT2D eigenvalue weighted by molar-refractivity contribution is 5.95. The van der Waals surface area contributed by atoms with E-state index in [2.05, 4.69) is 5.32 Å². The van der Waals surface area contributed by atoms with Gasteiger partial charge in [-0.2, -0.15) is 0 Å². The van der Waals surface area contributed by atoms with Gasteiger partial charge in [0, 0.05) is 13.7 Å². The molecule has 116 valence electrons. The van der Waals surface area contributed by atoms with E-state index in [9.17, 15) is 9.18 Å². The first-order valence-electron chi connectivity index (χ1n) is 6.89. The van der Waals surface area contributed by atoms with Crippen LogP contribution in [0.2, 0.25) is 0 Å². The fourth-order valence-corrected chi connectivity index (χ4v) is 2.54. The summed E-state index contributed by atoms with van der Waals surface area (Å²) in [6, 6.07) is 3.89. The number of carbonyl (C=O) groups is 1. The van der Waals surface area contributed by atoms with Crippen LogP contribution in [-0.2, 0) is 14.2 Å². The van der Waals surface area contributed by atoms with Crippen molar-refractivity contribution in [3.05, 3.63) is 29.6 Å². The van der Waals surface area contributed by atoms with Crippen molar-refractivity contribution < 1.29 is 23.4 Å². The molecule has 0 bridgehead atoms. The van der Waals surface area contributed by atoms with Crippen molar-refractivity contribution in [3.8, 4) is 0 Å². The quantitative estimate of drug-likeness (QED) is 0.816. The van der Waals surface area contributed by atoms with Gasteiger partial charge in [-0.3, -0.25) is 0 Å². The fraction of sp³-hybridized carbons (Fsp3) is 0.533. The van der Waals surface area contributed by atoms with Crippen molar-refractivity contribution in [2.24, 2.45) is 0 Å². The van der Waals surface area contributed by atoms with Crippen LogP contribution in [0.1, 0.15) is 23.7 Å². The maximum atomic E-state index is 13.4. The highest BCUT2D eigenvalue weighted by Crippen LogP contribution is 2.31. The normalized spacial score (nSPS) is 24.3. The minimum absolute atomic E-state index is 0.0210. The summed E-state index contributed by atoms with van der Waals surface area (Å²) in [5.74, 6) is -0.924. The molecule has 0 radical (unpaired) electrons. The van der Waals surface area contributed by atoms with Gasteiger partial charge in [0.15, 0.2) is 0 Å². The first-order chi connectivity index (χ1) is 10.1. The molecule has 0 spiro atoms. The summed E-state index contributed by atoms with van der Waals surface area (Å²) in [5, 5.41) is 3.15. The maximum absolute atomic E-state index is 13.4. The Labute approximate surface area is 123 Å². The Hall–Kier alpha value is -1.66. The van der Waals surface area contributed by atoms with Crippen LogP contribution in [0.25, 0.3) is 0 Å². The second kappa shape index (κ2) is 6.87. The molecular formula is C15H20FNO4. The first-order valence-corrected chi connectivity index (χ1v) is 6.89. The van der Waals surface area contributed by atoms with E-state index >= 15 is 0 Å². The molecule has 1 aliphatic carbocycles. The number of halogens is 1. The van der Waals surface area contributed by atoms with Gasteiger partial charge in [-0.05, 0) is 31.5 Å². The summed E-state index contributed by atoms with van der Waals surface area (Å²) in [7, 11) is 2.90. The van der Waals surface area contributed by atoms with Crippen molar-refractivity contribution >= 4 is 11.7 Å². The molecule has 3 unspecified atom stereocenters. The van der Waals surface area contributed by atoms with E-state index in [1.165, 1.54) is 25.3 Å². The summed E-state index contributed by atoms with van der Waals surface area (Å²) >= 11 is 0. The number of benzene rings is 1. The molecule has 0 aliphatic heterocycles. The molecule has 6 heteroatoms. The van der Waals surface area contributed by atoms with E-state index in [-0.39, 0.29) is 18.2 Å². The van der Waals surface area contributed by atoms with Gasteiger partial charge < -0.3 is 19.5 Å². The van der Waals surface area contributed by atoms with Crippen molar-refractivity contribution in [3.63, 3.8) is 0 Å². The van der Waals surface area contributed by atoms with Crippen molar-refractivity contribution in [1.82, 2.24) is 0 Å². The summed E-state index contributed by atoms with van der Waals surface area (Å²) in [4.78, 5) is 11.7. The fourth-order valence-electron chi connectivity index (χ4n) is 2.54. The lowest BCUT2D eigenvalue weighted by atomic mass is 9.84. The summed E-state index contributed by atoms with van der Waals surface area (Å²) in [5.41, 5.74) is 0.706. The average molecular weight is 297 g/mol. The zero-order valence-electron chi connectivity index (χ0n) is 12.4.